The van der Waals surface area contributed by atoms with Crippen molar-refractivity contribution in [1.29, 1.82) is 0 Å². The molecule has 0 aliphatic rings. The Morgan fingerprint density at radius 1 is 1.35 bits per heavy atom. The van der Waals surface area contributed by atoms with Gasteiger partial charge in [0.15, 0.2) is 6.10 Å². The third-order valence-electron chi connectivity index (χ3n) is 2.70. The molecule has 2 N–H and O–H groups in total. The van der Waals surface area contributed by atoms with E-state index in [1.54, 1.807) is 19.1 Å². The third kappa shape index (κ3) is 3.80. The molecule has 0 bridgehead atoms. The van der Waals surface area contributed by atoms with Gasteiger partial charge in [-0.1, -0.05) is 15.9 Å². The van der Waals surface area contributed by atoms with Crippen LogP contribution in [0.3, 0.4) is 0 Å². The molecule has 0 aliphatic heterocycles. The maximum Gasteiger partial charge on any atom is 0.261 e. The van der Waals surface area contributed by atoms with Gasteiger partial charge in [0.2, 0.25) is 0 Å². The van der Waals surface area contributed by atoms with Crippen LogP contribution in [-0.4, -0.2) is 27.2 Å². The molecule has 2 atom stereocenters. The van der Waals surface area contributed by atoms with Crippen LogP contribution in [0, 0.1) is 0 Å². The summed E-state index contributed by atoms with van der Waals surface area (Å²) in [6.07, 6.45) is 0.807. The topological polar surface area (TPSA) is 79.9 Å². The Labute approximate surface area is 125 Å². The van der Waals surface area contributed by atoms with Crippen LogP contribution in [0.1, 0.15) is 25.7 Å². The minimum Gasteiger partial charge on any atom is -0.481 e. The monoisotopic (exact) mass is 338 g/mol. The van der Waals surface area contributed by atoms with E-state index < -0.39 is 6.10 Å². The van der Waals surface area contributed by atoms with Gasteiger partial charge in [0.05, 0.1) is 6.04 Å². The molecule has 0 fully saturated rings. The Balaban J connectivity index is 1.90. The number of H-pyrrole nitrogens is 1. The van der Waals surface area contributed by atoms with Gasteiger partial charge in [0, 0.05) is 4.47 Å². The summed E-state index contributed by atoms with van der Waals surface area (Å²) in [5, 5.41) is 9.27. The van der Waals surface area contributed by atoms with Gasteiger partial charge in [-0.05, 0) is 38.1 Å². The Hall–Kier alpha value is -1.89. The van der Waals surface area contributed by atoms with Gasteiger partial charge in [0.25, 0.3) is 5.91 Å². The van der Waals surface area contributed by atoms with Crippen LogP contribution in [-0.2, 0) is 4.79 Å². The number of carbonyl (C=O) groups is 1. The molecule has 0 saturated carbocycles. The molecule has 0 aliphatic carbocycles. The molecule has 1 aromatic heterocycles. The van der Waals surface area contributed by atoms with Gasteiger partial charge in [-0.2, -0.15) is 5.10 Å². The summed E-state index contributed by atoms with van der Waals surface area (Å²) in [6, 6.07) is 7.07. The Bertz CT molecular complexity index is 556. The zero-order valence-corrected chi connectivity index (χ0v) is 12.7. The van der Waals surface area contributed by atoms with Crippen molar-refractivity contribution in [1.82, 2.24) is 20.5 Å². The van der Waals surface area contributed by atoms with E-state index in [0.717, 1.165) is 4.47 Å². The molecule has 6 nitrogen and oxygen atoms in total. The molecule has 0 radical (unpaired) electrons. The highest BCUT2D eigenvalue weighted by Crippen LogP contribution is 2.17. The van der Waals surface area contributed by atoms with Crippen LogP contribution in [0.15, 0.2) is 35.1 Å². The van der Waals surface area contributed by atoms with Crippen LogP contribution in [0.4, 0.5) is 0 Å². The summed E-state index contributed by atoms with van der Waals surface area (Å²) in [7, 11) is 0. The minimum atomic E-state index is -0.596. The Morgan fingerprint density at radius 2 is 2.05 bits per heavy atom. The number of hydrogen-bond acceptors (Lipinski definition) is 4. The summed E-state index contributed by atoms with van der Waals surface area (Å²) >= 11 is 3.34. The molecule has 1 aromatic carbocycles. The first kappa shape index (κ1) is 14.5. The normalized spacial score (nSPS) is 13.6. The maximum absolute atomic E-state index is 12.0. The quantitative estimate of drug-likeness (QED) is 0.875. The van der Waals surface area contributed by atoms with Crippen molar-refractivity contribution in [3.05, 3.63) is 40.9 Å². The van der Waals surface area contributed by atoms with E-state index >= 15 is 0 Å². The standard InChI is InChI=1S/C13H15BrN4O2/c1-8(12-15-7-16-18-12)17-13(19)9(2)20-11-5-3-10(14)4-6-11/h3-9H,1-2H3,(H,17,19)(H,15,16,18). The van der Waals surface area contributed by atoms with Crippen LogP contribution in [0.5, 0.6) is 5.75 Å². The second-order valence-electron chi connectivity index (χ2n) is 4.31. The molecule has 1 amide bonds. The number of nitrogens with zero attached hydrogens (tertiary/aromatic N) is 2. The number of aromatic amines is 1. The molecule has 2 unspecified atom stereocenters. The van der Waals surface area contributed by atoms with Crippen molar-refractivity contribution in [2.75, 3.05) is 0 Å². The molecule has 1 heterocycles. The van der Waals surface area contributed by atoms with Gasteiger partial charge in [0.1, 0.15) is 17.9 Å². The number of benzene rings is 1. The minimum absolute atomic E-state index is 0.211. The average Bonchev–Trinajstić information content (AvgIpc) is 2.95. The molecule has 20 heavy (non-hydrogen) atoms. The fraction of sp³-hybridized carbons (Fsp3) is 0.308. The molecule has 0 saturated heterocycles. The molecule has 2 rings (SSSR count). The van der Waals surface area contributed by atoms with Crippen molar-refractivity contribution in [2.45, 2.75) is 26.0 Å². The molecular weight excluding hydrogens is 324 g/mol. The summed E-state index contributed by atoms with van der Waals surface area (Å²) in [6.45, 7) is 3.52. The van der Waals surface area contributed by atoms with Crippen molar-refractivity contribution in [2.24, 2.45) is 0 Å². The van der Waals surface area contributed by atoms with E-state index in [-0.39, 0.29) is 11.9 Å². The second kappa shape index (κ2) is 6.51. The molecule has 7 heteroatoms. The number of nitrogens with one attached hydrogen (secondary N) is 2. The molecule has 106 valence electrons. The van der Waals surface area contributed by atoms with Crippen LogP contribution >= 0.6 is 15.9 Å². The first-order valence-corrected chi connectivity index (χ1v) is 6.93. The average molecular weight is 339 g/mol. The summed E-state index contributed by atoms with van der Waals surface area (Å²) in [5.41, 5.74) is 0. The van der Waals surface area contributed by atoms with Crippen molar-refractivity contribution in [3.8, 4) is 5.75 Å². The van der Waals surface area contributed by atoms with Gasteiger partial charge >= 0.3 is 0 Å². The highest BCUT2D eigenvalue weighted by Gasteiger charge is 2.18. The molecule has 2 aromatic rings. The number of hydrogen-bond donors (Lipinski definition) is 2. The predicted molar refractivity (Wildman–Crippen MR) is 77.2 cm³/mol. The van der Waals surface area contributed by atoms with E-state index in [1.165, 1.54) is 6.33 Å². The number of amides is 1. The lowest BCUT2D eigenvalue weighted by atomic mass is 10.3. The largest absolute Gasteiger partial charge is 0.481 e. The summed E-state index contributed by atoms with van der Waals surface area (Å²) in [5.74, 6) is 1.04. The van der Waals surface area contributed by atoms with Crippen molar-refractivity contribution >= 4 is 21.8 Å². The van der Waals surface area contributed by atoms with Gasteiger partial charge in [-0.25, -0.2) is 4.98 Å². The zero-order valence-electron chi connectivity index (χ0n) is 11.1. The molecular formula is C13H15BrN4O2. The molecule has 0 spiro atoms. The van der Waals surface area contributed by atoms with E-state index in [4.69, 9.17) is 4.74 Å². The summed E-state index contributed by atoms with van der Waals surface area (Å²) < 4.78 is 6.53. The number of halogens is 1. The fourth-order valence-corrected chi connectivity index (χ4v) is 1.86. The van der Waals surface area contributed by atoms with Gasteiger partial charge in [-0.15, -0.1) is 0 Å². The highest BCUT2D eigenvalue weighted by molar-refractivity contribution is 9.10. The highest BCUT2D eigenvalue weighted by atomic mass is 79.9. The van der Waals surface area contributed by atoms with E-state index in [0.29, 0.717) is 11.6 Å². The Morgan fingerprint density at radius 3 is 2.65 bits per heavy atom. The van der Waals surface area contributed by atoms with Gasteiger partial charge in [-0.3, -0.25) is 9.89 Å². The lowest BCUT2D eigenvalue weighted by molar-refractivity contribution is -0.128. The number of aromatic nitrogens is 3. The third-order valence-corrected chi connectivity index (χ3v) is 3.23. The number of carbonyl (C=O) groups excluding carboxylic acids is 1. The SMILES string of the molecule is CC(Oc1ccc(Br)cc1)C(=O)NC(C)c1ncn[nH]1. The van der Waals surface area contributed by atoms with E-state index in [9.17, 15) is 4.79 Å². The number of ether oxygens (including phenoxy) is 1. The van der Waals surface area contributed by atoms with E-state index in [2.05, 4.69) is 36.4 Å². The lowest BCUT2D eigenvalue weighted by Gasteiger charge is -2.17. The smallest absolute Gasteiger partial charge is 0.261 e. The van der Waals surface area contributed by atoms with Gasteiger partial charge < -0.3 is 10.1 Å². The summed E-state index contributed by atoms with van der Waals surface area (Å²) in [4.78, 5) is 16.0. The maximum atomic E-state index is 12.0. The first-order valence-electron chi connectivity index (χ1n) is 6.14. The van der Waals surface area contributed by atoms with Crippen molar-refractivity contribution in [3.63, 3.8) is 0 Å². The fourth-order valence-electron chi connectivity index (χ4n) is 1.59. The Kier molecular flexibility index (Phi) is 4.73. The first-order chi connectivity index (χ1) is 9.56. The van der Waals surface area contributed by atoms with Crippen molar-refractivity contribution < 1.29 is 9.53 Å². The van der Waals surface area contributed by atoms with E-state index in [1.807, 2.05) is 19.1 Å². The van der Waals surface area contributed by atoms with Crippen LogP contribution in [0.2, 0.25) is 0 Å². The second-order valence-corrected chi connectivity index (χ2v) is 5.23. The van der Waals surface area contributed by atoms with Crippen LogP contribution < -0.4 is 10.1 Å². The number of rotatable bonds is 5. The zero-order chi connectivity index (χ0) is 14.5. The predicted octanol–water partition coefficient (Wildman–Crippen LogP) is 2.21. The van der Waals surface area contributed by atoms with Crippen LogP contribution in [0.25, 0.3) is 0 Å². The lowest BCUT2D eigenvalue weighted by Crippen LogP contribution is -2.38.